The van der Waals surface area contributed by atoms with Crippen LogP contribution in [0.2, 0.25) is 0 Å². The molecule has 1 amide bonds. The topological polar surface area (TPSA) is 55.8 Å². The van der Waals surface area contributed by atoms with Gasteiger partial charge >= 0.3 is 5.97 Å². The first-order valence-corrected chi connectivity index (χ1v) is 8.58. The van der Waals surface area contributed by atoms with E-state index in [1.807, 2.05) is 31.2 Å². The van der Waals surface area contributed by atoms with Crippen molar-refractivity contribution in [2.24, 2.45) is 0 Å². The van der Waals surface area contributed by atoms with Crippen LogP contribution >= 0.6 is 11.8 Å². The zero-order valence-electron chi connectivity index (χ0n) is 13.4. The fourth-order valence-electron chi connectivity index (χ4n) is 2.30. The lowest BCUT2D eigenvalue weighted by Gasteiger charge is -2.30. The molecule has 1 aliphatic heterocycles. The van der Waals surface area contributed by atoms with Gasteiger partial charge in [0.25, 0.3) is 0 Å². The number of thioether (sulfide) groups is 1. The molecule has 124 valence electrons. The maximum atomic E-state index is 12.3. The molecule has 0 N–H and O–H groups in total. The Balaban J connectivity index is 2.02. The van der Waals surface area contributed by atoms with Gasteiger partial charge < -0.3 is 14.4 Å². The Morgan fingerprint density at radius 1 is 1.39 bits per heavy atom. The number of ether oxygens (including phenoxy) is 2. The molecule has 2 rings (SSSR count). The number of methoxy groups -OCH3 is 1. The van der Waals surface area contributed by atoms with Crippen LogP contribution in [0, 0.1) is 0 Å². The largest absolute Gasteiger partial charge is 0.493 e. The highest BCUT2D eigenvalue weighted by Crippen LogP contribution is 2.22. The van der Waals surface area contributed by atoms with Crippen molar-refractivity contribution in [1.82, 2.24) is 4.90 Å². The van der Waals surface area contributed by atoms with Gasteiger partial charge in [-0.3, -0.25) is 9.59 Å². The number of nitrogens with zero attached hydrogens (tertiary/aromatic N) is 1. The van der Waals surface area contributed by atoms with Gasteiger partial charge in [-0.2, -0.15) is 0 Å². The first-order chi connectivity index (χ1) is 11.2. The summed E-state index contributed by atoms with van der Waals surface area (Å²) in [5.41, 5.74) is 0.860. The van der Waals surface area contributed by atoms with Crippen LogP contribution in [0.15, 0.2) is 30.3 Å². The highest BCUT2D eigenvalue weighted by atomic mass is 32.2. The fourth-order valence-corrected chi connectivity index (χ4v) is 3.42. The van der Waals surface area contributed by atoms with E-state index >= 15 is 0 Å². The molecule has 1 heterocycles. The lowest BCUT2D eigenvalue weighted by atomic mass is 10.2. The minimum atomic E-state index is -0.304. The van der Waals surface area contributed by atoms with Crippen molar-refractivity contribution >= 4 is 29.7 Å². The normalized spacial score (nSPS) is 18.0. The van der Waals surface area contributed by atoms with Crippen molar-refractivity contribution in [2.75, 3.05) is 32.6 Å². The Bertz CT molecular complexity index is 588. The van der Waals surface area contributed by atoms with Crippen LogP contribution in [0.4, 0.5) is 0 Å². The molecule has 5 nitrogen and oxygen atoms in total. The van der Waals surface area contributed by atoms with Gasteiger partial charge in [0.05, 0.1) is 13.7 Å². The molecular weight excluding hydrogens is 314 g/mol. The maximum absolute atomic E-state index is 12.3. The summed E-state index contributed by atoms with van der Waals surface area (Å²) in [6, 6.07) is 7.57. The third-order valence-corrected chi connectivity index (χ3v) is 4.63. The highest BCUT2D eigenvalue weighted by Gasteiger charge is 2.28. The van der Waals surface area contributed by atoms with Crippen molar-refractivity contribution in [1.29, 1.82) is 0 Å². The minimum absolute atomic E-state index is 0.106. The number of hydrogen-bond donors (Lipinski definition) is 0. The van der Waals surface area contributed by atoms with E-state index in [-0.39, 0.29) is 17.1 Å². The summed E-state index contributed by atoms with van der Waals surface area (Å²) in [5.74, 6) is 1.10. The summed E-state index contributed by atoms with van der Waals surface area (Å²) in [4.78, 5) is 25.6. The molecular formula is C17H21NO4S. The van der Waals surface area contributed by atoms with E-state index in [0.717, 1.165) is 17.1 Å². The molecule has 1 fully saturated rings. The van der Waals surface area contributed by atoms with E-state index in [0.29, 0.717) is 19.7 Å². The van der Waals surface area contributed by atoms with Gasteiger partial charge in [0, 0.05) is 30.5 Å². The quantitative estimate of drug-likeness (QED) is 0.610. The van der Waals surface area contributed by atoms with Gasteiger partial charge in [-0.25, -0.2) is 0 Å². The molecule has 1 saturated heterocycles. The van der Waals surface area contributed by atoms with Crippen molar-refractivity contribution in [3.8, 4) is 5.75 Å². The van der Waals surface area contributed by atoms with Crippen LogP contribution in [0.25, 0.3) is 6.08 Å². The molecule has 1 aromatic rings. The zero-order valence-corrected chi connectivity index (χ0v) is 14.2. The Morgan fingerprint density at radius 2 is 2.17 bits per heavy atom. The second kappa shape index (κ2) is 8.62. The van der Waals surface area contributed by atoms with Crippen LogP contribution in [-0.2, 0) is 14.3 Å². The van der Waals surface area contributed by atoms with Crippen molar-refractivity contribution in [2.45, 2.75) is 12.2 Å². The van der Waals surface area contributed by atoms with Crippen LogP contribution in [-0.4, -0.2) is 54.6 Å². The number of para-hydroxylation sites is 1. The fraction of sp³-hybridized carbons (Fsp3) is 0.412. The molecule has 0 aliphatic carbocycles. The standard InChI is InChI=1S/C17H21NO4S/c1-3-22-14-7-5-4-6-13(14)8-9-16(19)18-10-11-23-15(12-18)17(20)21-2/h4-9,15H,3,10-12H2,1-2H3/b9-8+/t15-/m1/s1. The molecule has 0 saturated carbocycles. The number of hydrogen-bond acceptors (Lipinski definition) is 5. The molecule has 1 aliphatic rings. The van der Waals surface area contributed by atoms with Crippen LogP contribution in [0.3, 0.4) is 0 Å². The lowest BCUT2D eigenvalue weighted by Crippen LogP contribution is -2.44. The Kier molecular flexibility index (Phi) is 6.52. The molecule has 6 heteroatoms. The molecule has 0 radical (unpaired) electrons. The zero-order chi connectivity index (χ0) is 16.7. The third kappa shape index (κ3) is 4.76. The van der Waals surface area contributed by atoms with Crippen molar-refractivity contribution in [3.63, 3.8) is 0 Å². The molecule has 0 unspecified atom stereocenters. The average Bonchev–Trinajstić information content (AvgIpc) is 2.60. The van der Waals surface area contributed by atoms with Gasteiger partial charge in [0.15, 0.2) is 0 Å². The highest BCUT2D eigenvalue weighted by molar-refractivity contribution is 8.00. The summed E-state index contributed by atoms with van der Waals surface area (Å²) < 4.78 is 10.3. The van der Waals surface area contributed by atoms with E-state index in [1.54, 1.807) is 11.0 Å². The van der Waals surface area contributed by atoms with E-state index in [1.165, 1.54) is 24.9 Å². The van der Waals surface area contributed by atoms with Crippen molar-refractivity contribution in [3.05, 3.63) is 35.9 Å². The molecule has 0 bridgehead atoms. The molecule has 0 aromatic heterocycles. The summed E-state index contributed by atoms with van der Waals surface area (Å²) in [7, 11) is 1.37. The Hall–Kier alpha value is -1.95. The monoisotopic (exact) mass is 335 g/mol. The predicted octanol–water partition coefficient (Wildman–Crippen LogP) is 2.22. The average molecular weight is 335 g/mol. The van der Waals surface area contributed by atoms with E-state index in [9.17, 15) is 9.59 Å². The minimum Gasteiger partial charge on any atom is -0.493 e. The maximum Gasteiger partial charge on any atom is 0.320 e. The van der Waals surface area contributed by atoms with Crippen LogP contribution in [0.5, 0.6) is 5.75 Å². The second-order valence-electron chi connectivity index (χ2n) is 4.97. The number of benzene rings is 1. The summed E-state index contributed by atoms with van der Waals surface area (Å²) in [5, 5.41) is -0.304. The lowest BCUT2D eigenvalue weighted by molar-refractivity contribution is -0.140. The number of esters is 1. The van der Waals surface area contributed by atoms with Crippen LogP contribution in [0.1, 0.15) is 12.5 Å². The number of amides is 1. The second-order valence-corrected chi connectivity index (χ2v) is 6.28. The number of carbonyl (C=O) groups is 2. The predicted molar refractivity (Wildman–Crippen MR) is 91.5 cm³/mol. The van der Waals surface area contributed by atoms with Gasteiger partial charge in [0.1, 0.15) is 11.0 Å². The SMILES string of the molecule is CCOc1ccccc1/C=C/C(=O)N1CCS[C@@H](C(=O)OC)C1. The summed E-state index contributed by atoms with van der Waals surface area (Å²) >= 11 is 1.53. The first kappa shape index (κ1) is 17.4. The first-order valence-electron chi connectivity index (χ1n) is 7.54. The number of rotatable bonds is 5. The van der Waals surface area contributed by atoms with E-state index < -0.39 is 0 Å². The smallest absolute Gasteiger partial charge is 0.320 e. The van der Waals surface area contributed by atoms with Gasteiger partial charge in [-0.05, 0) is 19.1 Å². The van der Waals surface area contributed by atoms with E-state index in [4.69, 9.17) is 9.47 Å². The molecule has 1 atom stereocenters. The van der Waals surface area contributed by atoms with Crippen LogP contribution < -0.4 is 4.74 Å². The van der Waals surface area contributed by atoms with Gasteiger partial charge in [-0.15, -0.1) is 11.8 Å². The van der Waals surface area contributed by atoms with E-state index in [2.05, 4.69) is 0 Å². The number of carbonyl (C=O) groups excluding carboxylic acids is 2. The third-order valence-electron chi connectivity index (χ3n) is 3.47. The van der Waals surface area contributed by atoms with Gasteiger partial charge in [-0.1, -0.05) is 18.2 Å². The molecule has 0 spiro atoms. The molecule has 23 heavy (non-hydrogen) atoms. The summed E-state index contributed by atoms with van der Waals surface area (Å²) in [6.07, 6.45) is 3.28. The Morgan fingerprint density at radius 3 is 2.91 bits per heavy atom. The van der Waals surface area contributed by atoms with Crippen molar-refractivity contribution < 1.29 is 19.1 Å². The molecule has 1 aromatic carbocycles. The summed E-state index contributed by atoms with van der Waals surface area (Å²) in [6.45, 7) is 3.51. The Labute approximate surface area is 140 Å². The van der Waals surface area contributed by atoms with Gasteiger partial charge in [0.2, 0.25) is 5.91 Å².